The molecule has 3 N–H and O–H groups in total. The second-order valence-electron chi connectivity index (χ2n) is 11.9. The van der Waals surface area contributed by atoms with Crippen LogP contribution in [0.25, 0.3) is 0 Å². The number of benzene rings is 3. The molecule has 2 aliphatic heterocycles. The number of piperidine rings is 1. The van der Waals surface area contributed by atoms with E-state index in [9.17, 15) is 14.4 Å². The Kier molecular flexibility index (Phi) is 8.06. The van der Waals surface area contributed by atoms with Gasteiger partial charge in [0, 0.05) is 43.4 Å². The van der Waals surface area contributed by atoms with Crippen LogP contribution in [0, 0.1) is 0 Å². The summed E-state index contributed by atoms with van der Waals surface area (Å²) in [5.41, 5.74) is 5.69. The summed E-state index contributed by atoms with van der Waals surface area (Å²) in [5.74, 6) is -0.251. The molecule has 218 valence electrons. The summed E-state index contributed by atoms with van der Waals surface area (Å²) in [5, 5.41) is 10.2. The highest BCUT2D eigenvalue weighted by Gasteiger charge is 2.46. The molecule has 3 amide bonds. The zero-order valence-corrected chi connectivity index (χ0v) is 24.6. The van der Waals surface area contributed by atoms with Gasteiger partial charge in [-0.05, 0) is 65.6 Å². The van der Waals surface area contributed by atoms with E-state index in [1.165, 1.54) is 16.7 Å². The predicted octanol–water partition coefficient (Wildman–Crippen LogP) is 4.22. The Morgan fingerprint density at radius 3 is 2.40 bits per heavy atom. The van der Waals surface area contributed by atoms with E-state index < -0.39 is 12.1 Å². The van der Waals surface area contributed by atoms with Crippen LogP contribution in [-0.2, 0) is 39.2 Å². The molecule has 1 aliphatic carbocycles. The van der Waals surface area contributed by atoms with Crippen molar-refractivity contribution in [1.29, 1.82) is 0 Å². The summed E-state index contributed by atoms with van der Waals surface area (Å²) in [6, 6.07) is 22.9. The summed E-state index contributed by atoms with van der Waals surface area (Å²) in [6.45, 7) is 3.38. The summed E-state index contributed by atoms with van der Waals surface area (Å²) in [7, 11) is 0. The van der Waals surface area contributed by atoms with E-state index in [2.05, 4.69) is 46.3 Å². The second kappa shape index (κ2) is 11.9. The monoisotopic (exact) mass is 584 g/mol. The van der Waals surface area contributed by atoms with Crippen molar-refractivity contribution in [2.45, 2.75) is 69.1 Å². The van der Waals surface area contributed by atoms with Gasteiger partial charge in [-0.3, -0.25) is 14.4 Å². The molecule has 6 rings (SSSR count). The molecule has 2 heterocycles. The lowest BCUT2D eigenvalue weighted by atomic mass is 9.73. The zero-order chi connectivity index (χ0) is 29.3. The molecule has 0 unspecified atom stereocenters. The molecule has 1 fully saturated rings. The van der Waals surface area contributed by atoms with Crippen LogP contribution in [0.5, 0.6) is 0 Å². The number of carbonyl (C=O) groups is 3. The molecule has 3 atom stereocenters. The van der Waals surface area contributed by atoms with Crippen LogP contribution in [0.1, 0.15) is 60.0 Å². The lowest BCUT2D eigenvalue weighted by molar-refractivity contribution is -0.138. The van der Waals surface area contributed by atoms with E-state index >= 15 is 0 Å². The smallest absolute Gasteiger partial charge is 0.245 e. The molecule has 3 aromatic rings. The third-order valence-electron chi connectivity index (χ3n) is 9.28. The lowest BCUT2D eigenvalue weighted by Gasteiger charge is -2.41. The maximum Gasteiger partial charge on any atom is 0.245 e. The van der Waals surface area contributed by atoms with Gasteiger partial charge in [0.25, 0.3) is 0 Å². The molecule has 0 bridgehead atoms. The number of nitrogens with one attached hydrogen (secondary N) is 3. The average Bonchev–Trinajstić information content (AvgIpc) is 3.29. The standard InChI is InChI=1S/C34H37ClN4O3/c1-22(40)37-31-20-34(28-9-5-4-8-27(28)31)14-16-39(17-15-34)33(42)30(18-23-10-12-26(35)13-11-23)38-32(41)29-19-24-6-2-3-7-25(24)21-36-29/h2-13,29-31,36H,14-21H2,1H3,(H,37,40)(H,38,41)/t29-,30-,31-/m1/s1. The van der Waals surface area contributed by atoms with Crippen molar-refractivity contribution in [3.63, 3.8) is 0 Å². The molecule has 7 nitrogen and oxygen atoms in total. The second-order valence-corrected chi connectivity index (χ2v) is 12.4. The highest BCUT2D eigenvalue weighted by molar-refractivity contribution is 6.30. The highest BCUT2D eigenvalue weighted by atomic mass is 35.5. The third-order valence-corrected chi connectivity index (χ3v) is 9.53. The van der Waals surface area contributed by atoms with Gasteiger partial charge in [0.15, 0.2) is 0 Å². The van der Waals surface area contributed by atoms with Crippen LogP contribution in [0.3, 0.4) is 0 Å². The summed E-state index contributed by atoms with van der Waals surface area (Å²) < 4.78 is 0. The Hall–Kier alpha value is -3.68. The van der Waals surface area contributed by atoms with Crippen molar-refractivity contribution in [1.82, 2.24) is 20.9 Å². The molecular weight excluding hydrogens is 548 g/mol. The number of halogens is 1. The Morgan fingerprint density at radius 1 is 0.976 bits per heavy atom. The minimum atomic E-state index is -0.685. The molecular formula is C34H37ClN4O3. The maximum atomic E-state index is 14.1. The number of carbonyl (C=O) groups excluding carboxylic acids is 3. The van der Waals surface area contributed by atoms with Gasteiger partial charge in [-0.15, -0.1) is 0 Å². The van der Waals surface area contributed by atoms with Gasteiger partial charge in [-0.2, -0.15) is 0 Å². The Labute approximate surface area is 252 Å². The fourth-order valence-electron chi connectivity index (χ4n) is 7.09. The van der Waals surface area contributed by atoms with E-state index in [0.717, 1.165) is 30.4 Å². The normalized spacial score (nSPS) is 21.2. The maximum absolute atomic E-state index is 14.1. The number of nitrogens with zero attached hydrogens (tertiary/aromatic N) is 1. The van der Waals surface area contributed by atoms with Crippen molar-refractivity contribution in [3.8, 4) is 0 Å². The fourth-order valence-corrected chi connectivity index (χ4v) is 7.21. The quantitative estimate of drug-likeness (QED) is 0.405. The number of likely N-dealkylation sites (tertiary alicyclic amines) is 1. The van der Waals surface area contributed by atoms with Gasteiger partial charge in [-0.1, -0.05) is 72.3 Å². The van der Waals surface area contributed by atoms with Gasteiger partial charge in [0.05, 0.1) is 12.1 Å². The summed E-state index contributed by atoms with van der Waals surface area (Å²) >= 11 is 6.12. The molecule has 0 aromatic heterocycles. The Morgan fingerprint density at radius 2 is 1.67 bits per heavy atom. The Bertz CT molecular complexity index is 1480. The molecule has 42 heavy (non-hydrogen) atoms. The molecule has 3 aliphatic rings. The van der Waals surface area contributed by atoms with E-state index in [1.807, 2.05) is 47.4 Å². The first kappa shape index (κ1) is 28.4. The van der Waals surface area contributed by atoms with Crippen molar-refractivity contribution in [2.75, 3.05) is 13.1 Å². The van der Waals surface area contributed by atoms with E-state index in [1.54, 1.807) is 6.92 Å². The highest BCUT2D eigenvalue weighted by Crippen LogP contribution is 2.50. The fraction of sp³-hybridized carbons (Fsp3) is 0.382. The first-order valence-electron chi connectivity index (χ1n) is 14.8. The van der Waals surface area contributed by atoms with Crippen LogP contribution in [-0.4, -0.2) is 47.8 Å². The van der Waals surface area contributed by atoms with Crippen molar-refractivity contribution in [3.05, 3.63) is 106 Å². The topological polar surface area (TPSA) is 90.5 Å². The molecule has 8 heteroatoms. The molecule has 1 spiro atoms. The number of fused-ring (bicyclic) bond motifs is 3. The number of amides is 3. The average molecular weight is 585 g/mol. The van der Waals surface area contributed by atoms with Crippen LogP contribution in [0.15, 0.2) is 72.8 Å². The summed E-state index contributed by atoms with van der Waals surface area (Å²) in [4.78, 5) is 41.4. The van der Waals surface area contributed by atoms with Crippen LogP contribution in [0.2, 0.25) is 5.02 Å². The van der Waals surface area contributed by atoms with Gasteiger partial charge in [0.2, 0.25) is 17.7 Å². The van der Waals surface area contributed by atoms with E-state index in [-0.39, 0.29) is 29.2 Å². The molecule has 0 radical (unpaired) electrons. The minimum Gasteiger partial charge on any atom is -0.349 e. The van der Waals surface area contributed by atoms with E-state index in [0.29, 0.717) is 37.5 Å². The number of hydrogen-bond donors (Lipinski definition) is 3. The zero-order valence-electron chi connectivity index (χ0n) is 23.9. The largest absolute Gasteiger partial charge is 0.349 e. The summed E-state index contributed by atoms with van der Waals surface area (Å²) in [6.07, 6.45) is 3.45. The van der Waals surface area contributed by atoms with Crippen LogP contribution >= 0.6 is 11.6 Å². The van der Waals surface area contributed by atoms with Gasteiger partial charge >= 0.3 is 0 Å². The first-order valence-corrected chi connectivity index (χ1v) is 15.2. The molecule has 3 aromatic carbocycles. The van der Waals surface area contributed by atoms with Gasteiger partial charge < -0.3 is 20.9 Å². The van der Waals surface area contributed by atoms with Gasteiger partial charge in [0.1, 0.15) is 6.04 Å². The molecule has 1 saturated heterocycles. The van der Waals surface area contributed by atoms with Crippen LogP contribution in [0.4, 0.5) is 0 Å². The lowest BCUT2D eigenvalue weighted by Crippen LogP contribution is -2.57. The van der Waals surface area contributed by atoms with Crippen LogP contribution < -0.4 is 16.0 Å². The van der Waals surface area contributed by atoms with E-state index in [4.69, 9.17) is 11.6 Å². The van der Waals surface area contributed by atoms with Crippen molar-refractivity contribution in [2.24, 2.45) is 0 Å². The predicted molar refractivity (Wildman–Crippen MR) is 163 cm³/mol. The van der Waals surface area contributed by atoms with Gasteiger partial charge in [-0.25, -0.2) is 0 Å². The first-order chi connectivity index (χ1) is 20.3. The van der Waals surface area contributed by atoms with Crippen molar-refractivity contribution >= 4 is 29.3 Å². The third kappa shape index (κ3) is 5.81. The van der Waals surface area contributed by atoms with Crippen molar-refractivity contribution < 1.29 is 14.4 Å². The molecule has 0 saturated carbocycles. The SMILES string of the molecule is CC(=O)N[C@@H]1CC2(CCN(C(=O)[C@@H](Cc3ccc(Cl)cc3)NC(=O)[C@H]3Cc4ccccc4CN3)CC2)c2ccccc21. The number of hydrogen-bond acceptors (Lipinski definition) is 4. The Balaban J connectivity index is 1.17. The number of rotatable bonds is 6. The minimum absolute atomic E-state index is 0.00832.